The second-order valence-electron chi connectivity index (χ2n) is 3.22. The number of thiol groups is 1. The first-order valence-corrected chi connectivity index (χ1v) is 5.87. The maximum Gasteiger partial charge on any atom is 0.191 e. The van der Waals surface area contributed by atoms with Crippen LogP contribution in [0.15, 0.2) is 0 Å². The first-order chi connectivity index (χ1) is 6.60. The van der Waals surface area contributed by atoms with Gasteiger partial charge in [-0.25, -0.2) is 4.98 Å². The van der Waals surface area contributed by atoms with Crippen LogP contribution in [0.1, 0.15) is 35.1 Å². The van der Waals surface area contributed by atoms with E-state index in [4.69, 9.17) is 0 Å². The maximum absolute atomic E-state index is 11.5. The minimum absolute atomic E-state index is 0.00483. The molecule has 0 saturated heterocycles. The molecule has 0 unspecified atom stereocenters. The van der Waals surface area contributed by atoms with E-state index in [9.17, 15) is 4.79 Å². The summed E-state index contributed by atoms with van der Waals surface area (Å²) in [6.45, 7) is 4.12. The van der Waals surface area contributed by atoms with Gasteiger partial charge in [0.25, 0.3) is 0 Å². The Morgan fingerprint density at radius 2 is 2.29 bits per heavy atom. The van der Waals surface area contributed by atoms with Gasteiger partial charge in [0.2, 0.25) is 0 Å². The Morgan fingerprint density at radius 1 is 1.64 bits per heavy atom. The van der Waals surface area contributed by atoms with E-state index in [2.05, 4.69) is 36.8 Å². The highest BCUT2D eigenvalue weighted by molar-refractivity contribution is 7.81. The molecule has 0 fully saturated rings. The molecule has 78 valence electrons. The lowest BCUT2D eigenvalue weighted by Crippen LogP contribution is -2.05. The van der Waals surface area contributed by atoms with Crippen molar-refractivity contribution < 1.29 is 4.79 Å². The molecule has 0 aromatic carbocycles. The minimum atomic E-state index is -0.00483. The molecule has 0 atom stereocenters. The number of anilines is 1. The van der Waals surface area contributed by atoms with Crippen LogP contribution in [-0.2, 0) is 0 Å². The number of carbonyl (C=O) groups is 1. The number of ketones is 1. The van der Waals surface area contributed by atoms with Crippen molar-refractivity contribution in [2.24, 2.45) is 0 Å². The van der Waals surface area contributed by atoms with E-state index in [1.54, 1.807) is 7.05 Å². The summed E-state index contributed by atoms with van der Waals surface area (Å²) in [5.41, 5.74) is 0.573. The van der Waals surface area contributed by atoms with E-state index < -0.39 is 0 Å². The van der Waals surface area contributed by atoms with Gasteiger partial charge in [-0.3, -0.25) is 4.79 Å². The lowest BCUT2D eigenvalue weighted by atomic mass is 10.1. The number of hydrogen-bond acceptors (Lipinski definition) is 5. The van der Waals surface area contributed by atoms with Crippen LogP contribution in [0.4, 0.5) is 5.13 Å². The molecule has 1 heterocycles. The van der Waals surface area contributed by atoms with Gasteiger partial charge in [0.05, 0.1) is 5.75 Å². The van der Waals surface area contributed by atoms with Gasteiger partial charge in [0.1, 0.15) is 5.69 Å². The molecular weight excluding hydrogens is 216 g/mol. The molecule has 1 aromatic rings. The number of nitrogens with zero attached hydrogens (tertiary/aromatic N) is 1. The van der Waals surface area contributed by atoms with Crippen molar-refractivity contribution in [1.82, 2.24) is 4.98 Å². The fourth-order valence-electron chi connectivity index (χ4n) is 1.10. The number of carbonyl (C=O) groups excluding carboxylic acids is 1. The van der Waals surface area contributed by atoms with Crippen molar-refractivity contribution in [2.45, 2.75) is 19.8 Å². The van der Waals surface area contributed by atoms with Crippen LogP contribution in [0.25, 0.3) is 0 Å². The van der Waals surface area contributed by atoms with E-state index in [0.717, 1.165) is 10.0 Å². The van der Waals surface area contributed by atoms with Gasteiger partial charge in [0.15, 0.2) is 10.9 Å². The normalized spacial score (nSPS) is 10.6. The van der Waals surface area contributed by atoms with E-state index >= 15 is 0 Å². The number of rotatable bonds is 4. The highest BCUT2D eigenvalue weighted by atomic mass is 32.1. The predicted molar refractivity (Wildman–Crippen MR) is 63.9 cm³/mol. The standard InChI is InChI=1S/C9H14N2OS2/c1-5(2)8-7(6(12)4-13)11-9(10-3)14-8/h5,13H,4H2,1-3H3,(H,10,11). The zero-order valence-corrected chi connectivity index (χ0v) is 10.2. The molecule has 0 aliphatic rings. The Morgan fingerprint density at radius 3 is 2.71 bits per heavy atom. The van der Waals surface area contributed by atoms with Gasteiger partial charge in [-0.15, -0.1) is 11.3 Å². The number of hydrogen-bond donors (Lipinski definition) is 2. The minimum Gasteiger partial charge on any atom is -0.365 e. The van der Waals surface area contributed by atoms with Crippen molar-refractivity contribution >= 4 is 34.9 Å². The molecular formula is C9H14N2OS2. The Labute approximate surface area is 93.3 Å². The molecule has 0 amide bonds. The predicted octanol–water partition coefficient (Wildman–Crippen LogP) is 2.42. The number of nitrogens with one attached hydrogen (secondary N) is 1. The highest BCUT2D eigenvalue weighted by Gasteiger charge is 2.18. The van der Waals surface area contributed by atoms with Gasteiger partial charge >= 0.3 is 0 Å². The number of thiazole rings is 1. The molecule has 0 radical (unpaired) electrons. The summed E-state index contributed by atoms with van der Waals surface area (Å²) < 4.78 is 0. The molecule has 0 saturated carbocycles. The molecule has 0 spiro atoms. The molecule has 5 heteroatoms. The lowest BCUT2D eigenvalue weighted by molar-refractivity contribution is 0.101. The Bertz CT molecular complexity index is 334. The van der Waals surface area contributed by atoms with Crippen LogP contribution in [-0.4, -0.2) is 23.6 Å². The van der Waals surface area contributed by atoms with E-state index in [-0.39, 0.29) is 11.5 Å². The topological polar surface area (TPSA) is 42.0 Å². The summed E-state index contributed by atoms with van der Waals surface area (Å²) in [5.74, 6) is 0.537. The fourth-order valence-corrected chi connectivity index (χ4v) is 2.19. The average Bonchev–Trinajstić information content (AvgIpc) is 2.60. The maximum atomic E-state index is 11.5. The molecule has 0 aliphatic heterocycles. The summed E-state index contributed by atoms with van der Waals surface area (Å²) in [6.07, 6.45) is 0. The van der Waals surface area contributed by atoms with Crippen molar-refractivity contribution in [3.8, 4) is 0 Å². The number of Topliss-reactive ketones (excluding diaryl/α,β-unsaturated/α-hetero) is 1. The molecule has 1 N–H and O–H groups in total. The molecule has 14 heavy (non-hydrogen) atoms. The fraction of sp³-hybridized carbons (Fsp3) is 0.556. The largest absolute Gasteiger partial charge is 0.365 e. The van der Waals surface area contributed by atoms with Gasteiger partial charge < -0.3 is 5.32 Å². The van der Waals surface area contributed by atoms with Gasteiger partial charge in [-0.2, -0.15) is 12.6 Å². The van der Waals surface area contributed by atoms with E-state index in [0.29, 0.717) is 11.6 Å². The van der Waals surface area contributed by atoms with Crippen LogP contribution in [0.5, 0.6) is 0 Å². The third-order valence-corrected chi connectivity index (χ3v) is 3.46. The van der Waals surface area contributed by atoms with Gasteiger partial charge in [-0.1, -0.05) is 13.8 Å². The Hall–Kier alpha value is -0.550. The average molecular weight is 230 g/mol. The Kier molecular flexibility index (Phi) is 3.95. The summed E-state index contributed by atoms with van der Waals surface area (Å²) in [7, 11) is 1.80. The molecule has 1 aromatic heterocycles. The second-order valence-corrected chi connectivity index (χ2v) is 4.56. The summed E-state index contributed by atoms with van der Waals surface area (Å²) in [6, 6.07) is 0. The molecule has 1 rings (SSSR count). The smallest absolute Gasteiger partial charge is 0.191 e. The highest BCUT2D eigenvalue weighted by Crippen LogP contribution is 2.29. The van der Waals surface area contributed by atoms with Crippen molar-refractivity contribution in [3.63, 3.8) is 0 Å². The summed E-state index contributed by atoms with van der Waals surface area (Å²) in [5, 5.41) is 3.74. The third-order valence-electron chi connectivity index (χ3n) is 1.80. The first-order valence-electron chi connectivity index (χ1n) is 4.42. The summed E-state index contributed by atoms with van der Waals surface area (Å²) >= 11 is 5.51. The molecule has 3 nitrogen and oxygen atoms in total. The van der Waals surface area contributed by atoms with Crippen LogP contribution in [0, 0.1) is 0 Å². The van der Waals surface area contributed by atoms with Crippen molar-refractivity contribution in [3.05, 3.63) is 10.6 Å². The SMILES string of the molecule is CNc1nc(C(=O)CS)c(C(C)C)s1. The molecule has 0 bridgehead atoms. The van der Waals surface area contributed by atoms with Crippen LogP contribution in [0.3, 0.4) is 0 Å². The zero-order valence-electron chi connectivity index (χ0n) is 8.50. The van der Waals surface area contributed by atoms with Crippen LogP contribution < -0.4 is 5.32 Å². The van der Waals surface area contributed by atoms with Crippen molar-refractivity contribution in [2.75, 3.05) is 18.1 Å². The van der Waals surface area contributed by atoms with Gasteiger partial charge in [0, 0.05) is 11.9 Å². The first kappa shape index (κ1) is 11.5. The van der Waals surface area contributed by atoms with Crippen LogP contribution >= 0.6 is 24.0 Å². The molecule has 0 aliphatic carbocycles. The third kappa shape index (κ3) is 2.27. The summed E-state index contributed by atoms with van der Waals surface area (Å²) in [4.78, 5) is 16.8. The van der Waals surface area contributed by atoms with Crippen LogP contribution in [0.2, 0.25) is 0 Å². The number of aromatic nitrogens is 1. The monoisotopic (exact) mass is 230 g/mol. The zero-order chi connectivity index (χ0) is 10.7. The van der Waals surface area contributed by atoms with Gasteiger partial charge in [-0.05, 0) is 5.92 Å². The van der Waals surface area contributed by atoms with E-state index in [1.807, 2.05) is 0 Å². The van der Waals surface area contributed by atoms with E-state index in [1.165, 1.54) is 11.3 Å². The lowest BCUT2D eigenvalue weighted by Gasteiger charge is -2.01. The Balaban J connectivity index is 3.12. The van der Waals surface area contributed by atoms with Crippen molar-refractivity contribution in [1.29, 1.82) is 0 Å². The quantitative estimate of drug-likeness (QED) is 0.616. The second kappa shape index (κ2) is 4.79.